The van der Waals surface area contributed by atoms with E-state index in [0.29, 0.717) is 24.8 Å². The fourth-order valence-electron chi connectivity index (χ4n) is 1.60. The average molecular weight is 241 g/mol. The van der Waals surface area contributed by atoms with Crippen molar-refractivity contribution in [1.82, 2.24) is 4.90 Å². The van der Waals surface area contributed by atoms with Crippen molar-refractivity contribution in [1.29, 1.82) is 0 Å². The van der Waals surface area contributed by atoms with Crippen LogP contribution in [0.25, 0.3) is 0 Å². The highest BCUT2D eigenvalue weighted by molar-refractivity contribution is 5.86. The molecule has 0 aliphatic rings. The summed E-state index contributed by atoms with van der Waals surface area (Å²) in [7, 11) is 1.65. The molecule has 96 valence electrons. The van der Waals surface area contributed by atoms with E-state index < -0.39 is 5.97 Å². The summed E-state index contributed by atoms with van der Waals surface area (Å²) in [5.74, 6) is -1.01. The van der Waals surface area contributed by atoms with Crippen LogP contribution >= 0.6 is 0 Å². The largest absolute Gasteiger partial charge is 0.475 e. The number of carbonyl (C=O) groups is 1. The third-order valence-electron chi connectivity index (χ3n) is 2.63. The van der Waals surface area contributed by atoms with Crippen molar-refractivity contribution in [2.75, 3.05) is 20.3 Å². The van der Waals surface area contributed by atoms with Gasteiger partial charge in [-0.2, -0.15) is 0 Å². The quantitative estimate of drug-likeness (QED) is 0.789. The molecule has 5 nitrogen and oxygen atoms in total. The molecule has 0 atom stereocenters. The Morgan fingerprint density at radius 2 is 2.29 bits per heavy atom. The molecule has 1 heterocycles. The van der Waals surface area contributed by atoms with E-state index >= 15 is 0 Å². The Labute approximate surface area is 101 Å². The summed E-state index contributed by atoms with van der Waals surface area (Å²) >= 11 is 0. The molecule has 0 unspecified atom stereocenters. The minimum Gasteiger partial charge on any atom is -0.475 e. The summed E-state index contributed by atoms with van der Waals surface area (Å²) in [5, 5.41) is 8.95. The first kappa shape index (κ1) is 13.7. The molecule has 0 radical (unpaired) electrons. The van der Waals surface area contributed by atoms with Crippen molar-refractivity contribution in [3.63, 3.8) is 0 Å². The number of hydrogen-bond acceptors (Lipinski definition) is 4. The highest BCUT2D eigenvalue weighted by Gasteiger charge is 2.18. The monoisotopic (exact) mass is 241 g/mol. The van der Waals surface area contributed by atoms with Crippen LogP contribution < -0.4 is 0 Å². The Kier molecular flexibility index (Phi) is 5.18. The molecule has 0 bridgehead atoms. The summed E-state index contributed by atoms with van der Waals surface area (Å²) in [4.78, 5) is 13.1. The van der Waals surface area contributed by atoms with Gasteiger partial charge in [0.2, 0.25) is 5.76 Å². The SMILES string of the molecule is COCCN(Cc1ccoc1C(=O)O)C(C)C. The maximum Gasteiger partial charge on any atom is 0.372 e. The van der Waals surface area contributed by atoms with Gasteiger partial charge in [-0.15, -0.1) is 0 Å². The molecule has 0 amide bonds. The molecule has 0 fully saturated rings. The molecular weight excluding hydrogens is 222 g/mol. The normalized spacial score (nSPS) is 11.4. The van der Waals surface area contributed by atoms with Gasteiger partial charge in [0.25, 0.3) is 0 Å². The number of methoxy groups -OCH3 is 1. The lowest BCUT2D eigenvalue weighted by Gasteiger charge is -2.25. The van der Waals surface area contributed by atoms with Crippen LogP contribution in [0, 0.1) is 0 Å². The molecule has 1 aromatic rings. The van der Waals surface area contributed by atoms with E-state index in [9.17, 15) is 4.79 Å². The van der Waals surface area contributed by atoms with E-state index in [2.05, 4.69) is 18.7 Å². The summed E-state index contributed by atoms with van der Waals surface area (Å²) in [6.45, 7) is 6.07. The molecule has 17 heavy (non-hydrogen) atoms. The van der Waals surface area contributed by atoms with E-state index in [-0.39, 0.29) is 5.76 Å². The standard InChI is InChI=1S/C12H19NO4/c1-9(2)13(5-7-16-3)8-10-4-6-17-11(10)12(14)15/h4,6,9H,5,7-8H2,1-3H3,(H,14,15). The van der Waals surface area contributed by atoms with Crippen LogP contribution in [0.3, 0.4) is 0 Å². The van der Waals surface area contributed by atoms with Crippen molar-refractivity contribution < 1.29 is 19.1 Å². The molecule has 0 spiro atoms. The van der Waals surface area contributed by atoms with Gasteiger partial charge in [0.05, 0.1) is 12.9 Å². The first-order valence-corrected chi connectivity index (χ1v) is 5.59. The highest BCUT2D eigenvalue weighted by Crippen LogP contribution is 2.14. The van der Waals surface area contributed by atoms with Crippen molar-refractivity contribution in [3.8, 4) is 0 Å². The zero-order valence-corrected chi connectivity index (χ0v) is 10.5. The lowest BCUT2D eigenvalue weighted by atomic mass is 10.2. The number of carboxylic acid groups (broad SMARTS) is 1. The second-order valence-electron chi connectivity index (χ2n) is 4.14. The summed E-state index contributed by atoms with van der Waals surface area (Å²) in [6, 6.07) is 2.02. The maximum absolute atomic E-state index is 10.9. The van der Waals surface area contributed by atoms with Crippen LogP contribution in [0.15, 0.2) is 16.7 Å². The Morgan fingerprint density at radius 1 is 1.59 bits per heavy atom. The third-order valence-corrected chi connectivity index (χ3v) is 2.63. The van der Waals surface area contributed by atoms with Gasteiger partial charge in [0.1, 0.15) is 0 Å². The Morgan fingerprint density at radius 3 is 2.82 bits per heavy atom. The van der Waals surface area contributed by atoms with E-state index in [4.69, 9.17) is 14.3 Å². The lowest BCUT2D eigenvalue weighted by molar-refractivity contribution is 0.0657. The van der Waals surface area contributed by atoms with E-state index in [0.717, 1.165) is 6.54 Å². The van der Waals surface area contributed by atoms with Crippen LogP contribution in [0.4, 0.5) is 0 Å². The number of nitrogens with zero attached hydrogens (tertiary/aromatic N) is 1. The average Bonchev–Trinajstić information content (AvgIpc) is 2.71. The number of hydrogen-bond donors (Lipinski definition) is 1. The first-order valence-electron chi connectivity index (χ1n) is 5.59. The second-order valence-corrected chi connectivity index (χ2v) is 4.14. The molecule has 0 aromatic carbocycles. The van der Waals surface area contributed by atoms with Gasteiger partial charge in [-0.05, 0) is 19.9 Å². The molecule has 0 aliphatic carbocycles. The number of carboxylic acids is 1. The molecule has 0 aliphatic heterocycles. The lowest BCUT2D eigenvalue weighted by Crippen LogP contribution is -2.33. The Balaban J connectivity index is 2.71. The van der Waals surface area contributed by atoms with Gasteiger partial charge in [-0.25, -0.2) is 4.79 Å². The molecule has 1 rings (SSSR count). The number of furan rings is 1. The van der Waals surface area contributed by atoms with Crippen molar-refractivity contribution >= 4 is 5.97 Å². The number of rotatable bonds is 7. The van der Waals surface area contributed by atoms with Crippen LogP contribution in [0.5, 0.6) is 0 Å². The summed E-state index contributed by atoms with van der Waals surface area (Å²) in [5.41, 5.74) is 0.697. The van der Waals surface area contributed by atoms with Gasteiger partial charge >= 0.3 is 5.97 Å². The molecule has 0 saturated heterocycles. The Hall–Kier alpha value is -1.33. The minimum absolute atomic E-state index is 0.0214. The summed E-state index contributed by atoms with van der Waals surface area (Å²) in [6.07, 6.45) is 1.41. The van der Waals surface area contributed by atoms with Crippen LogP contribution in [-0.2, 0) is 11.3 Å². The van der Waals surface area contributed by atoms with Crippen LogP contribution in [-0.4, -0.2) is 42.3 Å². The summed E-state index contributed by atoms with van der Waals surface area (Å²) < 4.78 is 9.99. The van der Waals surface area contributed by atoms with Crippen LogP contribution in [0.1, 0.15) is 30.0 Å². The fourth-order valence-corrected chi connectivity index (χ4v) is 1.60. The maximum atomic E-state index is 10.9. The zero-order valence-electron chi connectivity index (χ0n) is 10.5. The number of ether oxygens (including phenoxy) is 1. The smallest absolute Gasteiger partial charge is 0.372 e. The van der Waals surface area contributed by atoms with Gasteiger partial charge in [-0.1, -0.05) is 0 Å². The number of aromatic carboxylic acids is 1. The minimum atomic E-state index is -1.03. The van der Waals surface area contributed by atoms with Gasteiger partial charge in [0.15, 0.2) is 0 Å². The molecular formula is C12H19NO4. The Bertz CT molecular complexity index is 359. The van der Waals surface area contributed by atoms with Crippen molar-refractivity contribution in [3.05, 3.63) is 23.7 Å². The van der Waals surface area contributed by atoms with Gasteiger partial charge in [-0.3, -0.25) is 4.90 Å². The second kappa shape index (κ2) is 6.42. The zero-order chi connectivity index (χ0) is 12.8. The fraction of sp³-hybridized carbons (Fsp3) is 0.583. The molecule has 1 aromatic heterocycles. The van der Waals surface area contributed by atoms with E-state index in [1.54, 1.807) is 13.2 Å². The topological polar surface area (TPSA) is 62.9 Å². The molecule has 1 N–H and O–H groups in total. The predicted octanol–water partition coefficient (Wildman–Crippen LogP) is 1.83. The highest BCUT2D eigenvalue weighted by atomic mass is 16.5. The predicted molar refractivity (Wildman–Crippen MR) is 63.1 cm³/mol. The van der Waals surface area contributed by atoms with Crippen molar-refractivity contribution in [2.24, 2.45) is 0 Å². The molecule has 0 saturated carbocycles. The van der Waals surface area contributed by atoms with Crippen LogP contribution in [0.2, 0.25) is 0 Å². The van der Waals surface area contributed by atoms with Gasteiger partial charge in [0, 0.05) is 31.8 Å². The molecule has 5 heteroatoms. The van der Waals surface area contributed by atoms with E-state index in [1.807, 2.05) is 0 Å². The first-order chi connectivity index (χ1) is 8.06. The van der Waals surface area contributed by atoms with Gasteiger partial charge < -0.3 is 14.3 Å². The van der Waals surface area contributed by atoms with E-state index in [1.165, 1.54) is 6.26 Å². The van der Waals surface area contributed by atoms with Crippen molar-refractivity contribution in [2.45, 2.75) is 26.4 Å². The third kappa shape index (κ3) is 3.87.